The van der Waals surface area contributed by atoms with Gasteiger partial charge in [-0.25, -0.2) is 8.42 Å². The van der Waals surface area contributed by atoms with Gasteiger partial charge in [0.1, 0.15) is 10.7 Å². The van der Waals surface area contributed by atoms with E-state index in [-0.39, 0.29) is 16.5 Å². The van der Waals surface area contributed by atoms with Crippen molar-refractivity contribution in [2.24, 2.45) is 0 Å². The predicted molar refractivity (Wildman–Crippen MR) is 77.8 cm³/mol. The second-order valence-electron chi connectivity index (χ2n) is 4.20. The van der Waals surface area contributed by atoms with Crippen molar-refractivity contribution < 1.29 is 12.8 Å². The molecule has 0 spiro atoms. The van der Waals surface area contributed by atoms with Crippen LogP contribution in [0.2, 0.25) is 5.02 Å². The van der Waals surface area contributed by atoms with Crippen LogP contribution in [-0.4, -0.2) is 19.3 Å². The highest BCUT2D eigenvalue weighted by atomic mass is 35.5. The number of benzene rings is 1. The number of nitrogens with two attached hydrogens (primary N) is 1. The monoisotopic (exact) mass is 314 g/mol. The molecule has 0 aliphatic carbocycles. The van der Waals surface area contributed by atoms with Crippen LogP contribution < -0.4 is 5.73 Å². The number of nitrogen functional groups attached to an aromatic ring is 1. The molecule has 0 saturated heterocycles. The number of hydrogen-bond donors (Lipinski definition) is 1. The Balaban J connectivity index is 2.38. The molecule has 1 aromatic carbocycles. The number of halogens is 1. The van der Waals surface area contributed by atoms with E-state index in [1.54, 1.807) is 25.1 Å². The van der Waals surface area contributed by atoms with Gasteiger partial charge in [-0.15, -0.1) is 0 Å². The smallest absolute Gasteiger partial charge is 0.245 e. The van der Waals surface area contributed by atoms with Crippen LogP contribution in [-0.2, 0) is 16.6 Å². The first-order valence-corrected chi connectivity index (χ1v) is 7.84. The minimum Gasteiger partial charge on any atom is -0.468 e. The molecular weight excluding hydrogens is 300 g/mol. The quantitative estimate of drug-likeness (QED) is 0.861. The molecule has 7 heteroatoms. The van der Waals surface area contributed by atoms with E-state index >= 15 is 0 Å². The number of hydrogen-bond acceptors (Lipinski definition) is 4. The molecule has 2 rings (SSSR count). The lowest BCUT2D eigenvalue weighted by Crippen LogP contribution is -2.30. The van der Waals surface area contributed by atoms with E-state index in [1.165, 1.54) is 22.7 Å². The number of nitrogens with zero attached hydrogens (tertiary/aromatic N) is 1. The van der Waals surface area contributed by atoms with Crippen LogP contribution in [0, 0.1) is 0 Å². The summed E-state index contributed by atoms with van der Waals surface area (Å²) in [4.78, 5) is 0.00701. The zero-order valence-electron chi connectivity index (χ0n) is 10.9. The van der Waals surface area contributed by atoms with Crippen LogP contribution >= 0.6 is 11.6 Å². The standard InChI is InChI=1S/C13H15ClN2O3S/c1-2-16(9-11-4-3-7-19-11)20(17,18)13-8-10(15)5-6-12(13)14/h3-8H,2,9,15H2,1H3. The van der Waals surface area contributed by atoms with Gasteiger partial charge in [0.2, 0.25) is 10.0 Å². The van der Waals surface area contributed by atoms with Gasteiger partial charge in [0.25, 0.3) is 0 Å². The molecule has 5 nitrogen and oxygen atoms in total. The Bertz CT molecular complexity index is 684. The molecule has 108 valence electrons. The lowest BCUT2D eigenvalue weighted by atomic mass is 10.3. The van der Waals surface area contributed by atoms with Gasteiger partial charge in [0.15, 0.2) is 0 Å². The van der Waals surface area contributed by atoms with Gasteiger partial charge >= 0.3 is 0 Å². The average Bonchev–Trinajstić information content (AvgIpc) is 2.91. The Morgan fingerprint density at radius 1 is 1.35 bits per heavy atom. The maximum Gasteiger partial charge on any atom is 0.245 e. The Kier molecular flexibility index (Phi) is 4.37. The van der Waals surface area contributed by atoms with Crippen molar-refractivity contribution in [2.75, 3.05) is 12.3 Å². The summed E-state index contributed by atoms with van der Waals surface area (Å²) >= 11 is 5.98. The Labute approximate surface area is 123 Å². The summed E-state index contributed by atoms with van der Waals surface area (Å²) in [6.07, 6.45) is 1.50. The third kappa shape index (κ3) is 2.98. The molecule has 0 saturated carbocycles. The molecule has 2 aromatic rings. The zero-order valence-corrected chi connectivity index (χ0v) is 12.5. The van der Waals surface area contributed by atoms with E-state index in [4.69, 9.17) is 21.8 Å². The first-order valence-electron chi connectivity index (χ1n) is 6.02. The van der Waals surface area contributed by atoms with Crippen molar-refractivity contribution in [3.8, 4) is 0 Å². The Hall–Kier alpha value is -1.50. The largest absolute Gasteiger partial charge is 0.468 e. The SMILES string of the molecule is CCN(Cc1ccco1)S(=O)(=O)c1cc(N)ccc1Cl. The first-order chi connectivity index (χ1) is 9.45. The van der Waals surface area contributed by atoms with E-state index < -0.39 is 10.0 Å². The molecule has 0 bridgehead atoms. The fourth-order valence-corrected chi connectivity index (χ4v) is 3.72. The van der Waals surface area contributed by atoms with Crippen LogP contribution in [0.15, 0.2) is 45.9 Å². The molecule has 0 atom stereocenters. The van der Waals surface area contributed by atoms with Gasteiger partial charge in [0.05, 0.1) is 17.8 Å². The lowest BCUT2D eigenvalue weighted by molar-refractivity contribution is 0.375. The normalized spacial score (nSPS) is 11.9. The van der Waals surface area contributed by atoms with Crippen LogP contribution in [0.3, 0.4) is 0 Å². The fourth-order valence-electron chi connectivity index (χ4n) is 1.80. The summed E-state index contributed by atoms with van der Waals surface area (Å²) in [5.74, 6) is 0.565. The maximum absolute atomic E-state index is 12.6. The number of anilines is 1. The third-order valence-corrected chi connectivity index (χ3v) is 5.24. The van der Waals surface area contributed by atoms with Gasteiger partial charge in [-0.3, -0.25) is 0 Å². The summed E-state index contributed by atoms with van der Waals surface area (Å²) in [5.41, 5.74) is 5.99. The molecule has 0 unspecified atom stereocenters. The van der Waals surface area contributed by atoms with Crippen molar-refractivity contribution in [2.45, 2.75) is 18.4 Å². The van der Waals surface area contributed by atoms with E-state index in [2.05, 4.69) is 0 Å². The van der Waals surface area contributed by atoms with Crippen molar-refractivity contribution in [3.63, 3.8) is 0 Å². The molecule has 0 aliphatic rings. The van der Waals surface area contributed by atoms with Gasteiger partial charge < -0.3 is 10.2 Å². The van der Waals surface area contributed by atoms with E-state index in [0.29, 0.717) is 18.0 Å². The predicted octanol–water partition coefficient (Wildman–Crippen LogP) is 2.73. The van der Waals surface area contributed by atoms with E-state index in [9.17, 15) is 8.42 Å². The highest BCUT2D eigenvalue weighted by Crippen LogP contribution is 2.27. The Morgan fingerprint density at radius 3 is 2.70 bits per heavy atom. The molecule has 0 fully saturated rings. The van der Waals surface area contributed by atoms with Crippen molar-refractivity contribution >= 4 is 27.3 Å². The first kappa shape index (κ1) is 14.9. The average molecular weight is 315 g/mol. The minimum atomic E-state index is -3.72. The number of furan rings is 1. The summed E-state index contributed by atoms with van der Waals surface area (Å²) in [5, 5.41) is 0.150. The second-order valence-corrected chi connectivity index (χ2v) is 6.51. The molecule has 2 N–H and O–H groups in total. The highest BCUT2D eigenvalue weighted by molar-refractivity contribution is 7.89. The van der Waals surface area contributed by atoms with Gasteiger partial charge in [0, 0.05) is 12.2 Å². The molecule has 1 aromatic heterocycles. The summed E-state index contributed by atoms with van der Waals surface area (Å²) < 4.78 is 31.7. The molecule has 20 heavy (non-hydrogen) atoms. The molecule has 1 heterocycles. The number of rotatable bonds is 5. The topological polar surface area (TPSA) is 76.5 Å². The minimum absolute atomic E-state index is 0.00701. The van der Waals surface area contributed by atoms with Crippen LogP contribution in [0.25, 0.3) is 0 Å². The van der Waals surface area contributed by atoms with Gasteiger partial charge in [-0.2, -0.15) is 4.31 Å². The molecule has 0 radical (unpaired) electrons. The molecular formula is C13H15ClN2O3S. The van der Waals surface area contributed by atoms with E-state index in [0.717, 1.165) is 0 Å². The maximum atomic E-state index is 12.6. The van der Waals surface area contributed by atoms with Gasteiger partial charge in [-0.05, 0) is 30.3 Å². The van der Waals surface area contributed by atoms with E-state index in [1.807, 2.05) is 0 Å². The zero-order chi connectivity index (χ0) is 14.8. The van der Waals surface area contributed by atoms with Crippen molar-refractivity contribution in [1.82, 2.24) is 4.31 Å². The summed E-state index contributed by atoms with van der Waals surface area (Å²) in [7, 11) is -3.72. The summed E-state index contributed by atoms with van der Waals surface area (Å²) in [6, 6.07) is 7.83. The molecule has 0 aliphatic heterocycles. The summed E-state index contributed by atoms with van der Waals surface area (Å²) in [6.45, 7) is 2.20. The third-order valence-electron chi connectivity index (χ3n) is 2.84. The highest BCUT2D eigenvalue weighted by Gasteiger charge is 2.26. The van der Waals surface area contributed by atoms with Crippen LogP contribution in [0.5, 0.6) is 0 Å². The van der Waals surface area contributed by atoms with Crippen molar-refractivity contribution in [1.29, 1.82) is 0 Å². The lowest BCUT2D eigenvalue weighted by Gasteiger charge is -2.20. The second kappa shape index (κ2) is 5.87. The van der Waals surface area contributed by atoms with Crippen LogP contribution in [0.4, 0.5) is 5.69 Å². The Morgan fingerprint density at radius 2 is 2.10 bits per heavy atom. The fraction of sp³-hybridized carbons (Fsp3) is 0.231. The van der Waals surface area contributed by atoms with Gasteiger partial charge in [-0.1, -0.05) is 18.5 Å². The molecule has 0 amide bonds. The van der Waals surface area contributed by atoms with Crippen LogP contribution in [0.1, 0.15) is 12.7 Å². The van der Waals surface area contributed by atoms with Crippen molar-refractivity contribution in [3.05, 3.63) is 47.4 Å². The number of sulfonamides is 1.